The van der Waals surface area contributed by atoms with Crippen LogP contribution in [0.2, 0.25) is 0 Å². The Balaban J connectivity index is 1.93. The predicted molar refractivity (Wildman–Crippen MR) is 123 cm³/mol. The molecule has 0 aliphatic rings. The third kappa shape index (κ3) is 5.17. The topological polar surface area (TPSA) is 115 Å². The number of fused-ring (bicyclic) bond motifs is 1. The van der Waals surface area contributed by atoms with Crippen molar-refractivity contribution in [1.82, 2.24) is 29.7 Å². The summed E-state index contributed by atoms with van der Waals surface area (Å²) >= 11 is 0. The summed E-state index contributed by atoms with van der Waals surface area (Å²) in [4.78, 5) is 20.9. The molecule has 3 rings (SSSR count). The molecule has 0 radical (unpaired) electrons. The smallest absolute Gasteiger partial charge is 0.241 e. The van der Waals surface area contributed by atoms with Gasteiger partial charge >= 0.3 is 0 Å². The van der Waals surface area contributed by atoms with Crippen LogP contribution in [-0.2, 0) is 4.79 Å². The highest BCUT2D eigenvalue weighted by atomic mass is 16.1. The molecule has 0 saturated carbocycles. The van der Waals surface area contributed by atoms with Gasteiger partial charge in [0.25, 0.3) is 0 Å². The molecule has 0 aliphatic heterocycles. The third-order valence-electron chi connectivity index (χ3n) is 4.97. The summed E-state index contributed by atoms with van der Waals surface area (Å²) < 4.78 is 3.75. The lowest BCUT2D eigenvalue weighted by molar-refractivity contribution is -0.120. The predicted octanol–water partition coefficient (Wildman–Crippen LogP) is 2.85. The zero-order chi connectivity index (χ0) is 22.4. The molecule has 0 bridgehead atoms. The van der Waals surface area contributed by atoms with E-state index >= 15 is 0 Å². The van der Waals surface area contributed by atoms with Crippen LogP contribution in [0, 0.1) is 0 Å². The van der Waals surface area contributed by atoms with Crippen molar-refractivity contribution in [2.24, 2.45) is 10.7 Å². The van der Waals surface area contributed by atoms with Crippen molar-refractivity contribution in [3.63, 3.8) is 0 Å². The number of aliphatic imine (C=N–C) groups is 1. The van der Waals surface area contributed by atoms with Crippen molar-refractivity contribution in [2.75, 3.05) is 6.54 Å². The number of nitrogens with two attached hydrogens (primary N) is 1. The van der Waals surface area contributed by atoms with Gasteiger partial charge in [-0.25, -0.2) is 9.50 Å². The summed E-state index contributed by atoms with van der Waals surface area (Å²) in [6, 6.07) is 2.33. The lowest BCUT2D eigenvalue weighted by Crippen LogP contribution is -2.31. The Morgan fingerprint density at radius 1 is 1.26 bits per heavy atom. The van der Waals surface area contributed by atoms with E-state index in [9.17, 15) is 4.79 Å². The Labute approximate surface area is 182 Å². The molecular weight excluding hydrogens is 392 g/mol. The zero-order valence-electron chi connectivity index (χ0n) is 18.5. The molecule has 164 valence electrons. The number of hydrogen-bond acceptors (Lipinski definition) is 6. The molecule has 0 aliphatic carbocycles. The number of carbonyl (C=O) groups is 1. The molecule has 0 atom stereocenters. The fraction of sp³-hybridized carbons (Fsp3) is 0.409. The van der Waals surface area contributed by atoms with E-state index in [-0.39, 0.29) is 18.5 Å². The first-order valence-electron chi connectivity index (χ1n) is 10.6. The minimum atomic E-state index is -0.146. The molecule has 0 aromatic carbocycles. The van der Waals surface area contributed by atoms with E-state index in [1.807, 2.05) is 37.0 Å². The second-order valence-corrected chi connectivity index (χ2v) is 7.63. The van der Waals surface area contributed by atoms with E-state index in [1.165, 1.54) is 6.20 Å². The van der Waals surface area contributed by atoms with E-state index in [0.29, 0.717) is 17.3 Å². The molecule has 3 heterocycles. The van der Waals surface area contributed by atoms with Crippen LogP contribution in [0.1, 0.15) is 52.3 Å². The first-order valence-corrected chi connectivity index (χ1v) is 10.6. The van der Waals surface area contributed by atoms with E-state index in [0.717, 1.165) is 29.6 Å². The highest BCUT2D eigenvalue weighted by Crippen LogP contribution is 2.26. The van der Waals surface area contributed by atoms with Crippen LogP contribution < -0.4 is 11.1 Å². The third-order valence-corrected chi connectivity index (χ3v) is 4.97. The summed E-state index contributed by atoms with van der Waals surface area (Å²) in [6.45, 7) is 8.14. The highest BCUT2D eigenvalue weighted by Gasteiger charge is 2.15. The number of amides is 1. The Hall–Kier alpha value is -3.49. The van der Waals surface area contributed by atoms with Gasteiger partial charge < -0.3 is 11.1 Å². The van der Waals surface area contributed by atoms with Gasteiger partial charge in [0.1, 0.15) is 6.54 Å². The van der Waals surface area contributed by atoms with Crippen LogP contribution in [-0.4, -0.2) is 49.1 Å². The molecule has 1 amide bonds. The molecule has 3 aromatic rings. The summed E-state index contributed by atoms with van der Waals surface area (Å²) in [5, 5.41) is 11.7. The number of aromatic nitrogens is 5. The Morgan fingerprint density at radius 3 is 2.71 bits per heavy atom. The van der Waals surface area contributed by atoms with Gasteiger partial charge in [-0.3, -0.25) is 14.5 Å². The summed E-state index contributed by atoms with van der Waals surface area (Å²) in [5.74, 6) is -0.146. The van der Waals surface area contributed by atoms with Crippen molar-refractivity contribution in [1.29, 1.82) is 0 Å². The quantitative estimate of drug-likeness (QED) is 0.515. The highest BCUT2D eigenvalue weighted by molar-refractivity contribution is 6.09. The van der Waals surface area contributed by atoms with Gasteiger partial charge in [0.15, 0.2) is 0 Å². The van der Waals surface area contributed by atoms with Gasteiger partial charge in [0.05, 0.1) is 41.5 Å². The molecule has 9 heteroatoms. The average Bonchev–Trinajstić information content (AvgIpc) is 3.41. The van der Waals surface area contributed by atoms with Crippen LogP contribution in [0.4, 0.5) is 0 Å². The second-order valence-electron chi connectivity index (χ2n) is 7.63. The van der Waals surface area contributed by atoms with Crippen LogP contribution >= 0.6 is 0 Å². The minimum absolute atomic E-state index is 0.0224. The SMILES string of the molecule is CCC(CC)n1cc(-c2nc(C(C=NCC(=O)NC(C)C)=CN)cn3nccc23)cn1. The normalized spacial score (nSPS) is 12.5. The zero-order valence-corrected chi connectivity index (χ0v) is 18.5. The molecule has 0 spiro atoms. The van der Waals surface area contributed by atoms with Crippen LogP contribution in [0.15, 0.2) is 42.0 Å². The Kier molecular flexibility index (Phi) is 7.17. The van der Waals surface area contributed by atoms with Crippen LogP contribution in [0.3, 0.4) is 0 Å². The van der Waals surface area contributed by atoms with E-state index in [2.05, 4.69) is 34.4 Å². The fourth-order valence-corrected chi connectivity index (χ4v) is 3.39. The van der Waals surface area contributed by atoms with E-state index in [1.54, 1.807) is 23.1 Å². The largest absolute Gasteiger partial charge is 0.404 e. The molecule has 31 heavy (non-hydrogen) atoms. The number of rotatable bonds is 9. The number of nitrogens with one attached hydrogen (secondary N) is 1. The van der Waals surface area contributed by atoms with Crippen molar-refractivity contribution in [2.45, 2.75) is 52.6 Å². The van der Waals surface area contributed by atoms with Gasteiger partial charge in [0, 0.05) is 35.8 Å². The lowest BCUT2D eigenvalue weighted by atomic mass is 10.1. The molecule has 0 fully saturated rings. The van der Waals surface area contributed by atoms with Crippen molar-refractivity contribution in [3.05, 3.63) is 42.7 Å². The van der Waals surface area contributed by atoms with E-state index < -0.39 is 0 Å². The van der Waals surface area contributed by atoms with E-state index in [4.69, 9.17) is 10.7 Å². The first-order chi connectivity index (χ1) is 15.0. The Bertz CT molecular complexity index is 1090. The number of carbonyl (C=O) groups excluding carboxylic acids is 1. The number of nitrogens with zero attached hydrogens (tertiary/aromatic N) is 6. The van der Waals surface area contributed by atoms with Gasteiger partial charge in [-0.1, -0.05) is 13.8 Å². The van der Waals surface area contributed by atoms with Gasteiger partial charge in [0.2, 0.25) is 5.91 Å². The van der Waals surface area contributed by atoms with Crippen LogP contribution in [0.5, 0.6) is 0 Å². The standard InChI is InChI=1S/C22H30N8O/c1-5-18(6-2)29-13-17(11-26-29)22-20-7-8-25-30(20)14-19(28-22)16(9-23)10-24-12-21(31)27-15(3)4/h7-11,13-15,18H,5-6,12,23H2,1-4H3,(H,27,31). The molecular formula is C22H30N8O. The monoisotopic (exact) mass is 422 g/mol. The summed E-state index contributed by atoms with van der Waals surface area (Å²) in [6.07, 6.45) is 12.4. The minimum Gasteiger partial charge on any atom is -0.404 e. The number of hydrogen-bond donors (Lipinski definition) is 2. The maximum Gasteiger partial charge on any atom is 0.241 e. The maximum absolute atomic E-state index is 11.8. The lowest BCUT2D eigenvalue weighted by Gasteiger charge is -2.12. The molecule has 9 nitrogen and oxygen atoms in total. The number of allylic oxidation sites excluding steroid dienone is 1. The maximum atomic E-state index is 11.8. The molecule has 0 saturated heterocycles. The summed E-state index contributed by atoms with van der Waals surface area (Å²) in [5.41, 5.74) is 9.60. The van der Waals surface area contributed by atoms with Gasteiger partial charge in [-0.15, -0.1) is 0 Å². The van der Waals surface area contributed by atoms with Gasteiger partial charge in [-0.05, 0) is 32.8 Å². The van der Waals surface area contributed by atoms with Crippen molar-refractivity contribution >= 4 is 23.2 Å². The van der Waals surface area contributed by atoms with Crippen molar-refractivity contribution < 1.29 is 4.79 Å². The molecule has 3 N–H and O–H groups in total. The van der Waals surface area contributed by atoms with Crippen molar-refractivity contribution in [3.8, 4) is 11.3 Å². The summed E-state index contributed by atoms with van der Waals surface area (Å²) in [7, 11) is 0. The average molecular weight is 423 g/mol. The first kappa shape index (κ1) is 22.2. The second kappa shape index (κ2) is 10.0. The fourth-order valence-electron chi connectivity index (χ4n) is 3.39. The molecule has 3 aromatic heterocycles. The van der Waals surface area contributed by atoms with Gasteiger partial charge in [-0.2, -0.15) is 10.2 Å². The molecule has 0 unspecified atom stereocenters. The Morgan fingerprint density at radius 2 is 2.03 bits per heavy atom. The van der Waals surface area contributed by atoms with Crippen LogP contribution in [0.25, 0.3) is 22.3 Å².